The van der Waals surface area contributed by atoms with E-state index in [1.807, 2.05) is 36.4 Å². The fourth-order valence-corrected chi connectivity index (χ4v) is 6.84. The predicted molar refractivity (Wildman–Crippen MR) is 169 cm³/mol. The second-order valence-electron chi connectivity index (χ2n) is 11.7. The van der Waals surface area contributed by atoms with E-state index in [2.05, 4.69) is 24.1 Å². The normalized spacial score (nSPS) is 17.2. The molecule has 0 saturated heterocycles. The van der Waals surface area contributed by atoms with Crippen LogP contribution in [-0.4, -0.2) is 62.3 Å². The largest absolute Gasteiger partial charge is 0.507 e. The highest BCUT2D eigenvalue weighted by atomic mass is 16.5. The maximum atomic E-state index is 11.6. The van der Waals surface area contributed by atoms with Gasteiger partial charge in [0.05, 0.1) is 21.3 Å². The molecule has 0 spiro atoms. The van der Waals surface area contributed by atoms with Gasteiger partial charge in [-0.05, 0) is 91.0 Å². The summed E-state index contributed by atoms with van der Waals surface area (Å²) in [5, 5.41) is 22.6. The zero-order valence-corrected chi connectivity index (χ0v) is 25.4. The van der Waals surface area contributed by atoms with Crippen LogP contribution in [0.3, 0.4) is 0 Å². The van der Waals surface area contributed by atoms with Gasteiger partial charge in [0.25, 0.3) is 0 Å². The second kappa shape index (κ2) is 11.1. The fraction of sp³-hybridized carbons (Fsp3) is 0.306. The summed E-state index contributed by atoms with van der Waals surface area (Å²) >= 11 is 0. The van der Waals surface area contributed by atoms with Gasteiger partial charge >= 0.3 is 0 Å². The van der Waals surface area contributed by atoms with Crippen LogP contribution in [0.2, 0.25) is 0 Å². The summed E-state index contributed by atoms with van der Waals surface area (Å²) in [7, 11) is 6.94. The average Bonchev–Trinajstić information content (AvgIpc) is 3.03. The van der Waals surface area contributed by atoms with Gasteiger partial charge in [0.15, 0.2) is 23.0 Å². The van der Waals surface area contributed by atoms with Crippen molar-refractivity contribution in [2.75, 3.05) is 41.5 Å². The molecule has 226 valence electrons. The highest BCUT2D eigenvalue weighted by molar-refractivity contribution is 6.04. The van der Waals surface area contributed by atoms with Crippen LogP contribution in [0.25, 0.3) is 11.1 Å². The van der Waals surface area contributed by atoms with E-state index in [-0.39, 0.29) is 17.5 Å². The summed E-state index contributed by atoms with van der Waals surface area (Å²) in [5.74, 6) is 2.66. The first-order valence-corrected chi connectivity index (χ1v) is 14.9. The van der Waals surface area contributed by atoms with Gasteiger partial charge in [0.2, 0.25) is 5.75 Å². The summed E-state index contributed by atoms with van der Waals surface area (Å²) in [6.07, 6.45) is 2.77. The third-order valence-corrected chi connectivity index (χ3v) is 9.18. The Morgan fingerprint density at radius 2 is 1.55 bits per heavy atom. The third kappa shape index (κ3) is 4.70. The molecule has 8 nitrogen and oxygen atoms in total. The van der Waals surface area contributed by atoms with E-state index in [0.29, 0.717) is 53.7 Å². The lowest BCUT2D eigenvalue weighted by molar-refractivity contribution is 0.221. The molecule has 0 aromatic heterocycles. The number of benzene rings is 4. The first-order valence-electron chi connectivity index (χ1n) is 14.9. The molecule has 3 aliphatic heterocycles. The Labute approximate surface area is 257 Å². The van der Waals surface area contributed by atoms with Crippen LogP contribution < -0.4 is 18.9 Å². The Balaban J connectivity index is 1.51. The molecule has 0 saturated carbocycles. The third-order valence-electron chi connectivity index (χ3n) is 9.18. The van der Waals surface area contributed by atoms with Crippen molar-refractivity contribution in [1.82, 2.24) is 4.90 Å². The van der Waals surface area contributed by atoms with E-state index in [1.165, 1.54) is 0 Å². The number of phenolic OH excluding ortho intramolecular Hbond substituents is 2. The van der Waals surface area contributed by atoms with Crippen LogP contribution >= 0.6 is 0 Å². The molecule has 0 fully saturated rings. The number of aliphatic imine (C=N–C) groups is 1. The second-order valence-corrected chi connectivity index (χ2v) is 11.7. The molecule has 6 bridgehead atoms. The smallest absolute Gasteiger partial charge is 0.201 e. The number of ether oxygens (including phenoxy) is 4. The molecule has 1 atom stereocenters. The van der Waals surface area contributed by atoms with Gasteiger partial charge in [-0.1, -0.05) is 12.1 Å². The number of likely N-dealkylation sites (N-methyl/N-ethyl adjacent to an activating group) is 1. The first-order chi connectivity index (χ1) is 21.4. The zero-order valence-electron chi connectivity index (χ0n) is 25.4. The maximum absolute atomic E-state index is 11.6. The van der Waals surface area contributed by atoms with E-state index in [9.17, 15) is 10.2 Å². The topological polar surface area (TPSA) is 93.0 Å². The maximum Gasteiger partial charge on any atom is 0.201 e. The van der Waals surface area contributed by atoms with Gasteiger partial charge in [0, 0.05) is 53.5 Å². The van der Waals surface area contributed by atoms with E-state index in [0.717, 1.165) is 64.0 Å². The molecular weight excluding hydrogens is 556 g/mol. The minimum Gasteiger partial charge on any atom is -0.507 e. The molecule has 1 unspecified atom stereocenters. The lowest BCUT2D eigenvalue weighted by Crippen LogP contribution is -2.34. The molecule has 0 amide bonds. The molecular formula is C36H36N2O6. The molecule has 0 radical (unpaired) electrons. The number of hydrogen-bond acceptors (Lipinski definition) is 8. The Hall–Kier alpha value is -4.69. The van der Waals surface area contributed by atoms with Crippen molar-refractivity contribution in [2.24, 2.45) is 4.99 Å². The van der Waals surface area contributed by atoms with Crippen molar-refractivity contribution in [3.8, 4) is 51.4 Å². The molecule has 7 rings (SSSR count). The van der Waals surface area contributed by atoms with Gasteiger partial charge in [-0.2, -0.15) is 0 Å². The summed E-state index contributed by atoms with van der Waals surface area (Å²) < 4.78 is 24.0. The highest BCUT2D eigenvalue weighted by Gasteiger charge is 2.33. The van der Waals surface area contributed by atoms with Gasteiger partial charge in [0.1, 0.15) is 11.5 Å². The van der Waals surface area contributed by atoms with E-state index in [4.69, 9.17) is 23.9 Å². The predicted octanol–water partition coefficient (Wildman–Crippen LogP) is 6.26. The van der Waals surface area contributed by atoms with Crippen LogP contribution in [0.4, 0.5) is 0 Å². The van der Waals surface area contributed by atoms with Crippen molar-refractivity contribution in [3.63, 3.8) is 0 Å². The number of hydrogen-bond donors (Lipinski definition) is 2. The lowest BCUT2D eigenvalue weighted by atomic mass is 9.86. The summed E-state index contributed by atoms with van der Waals surface area (Å²) in [4.78, 5) is 7.22. The minimum absolute atomic E-state index is 0.0448. The van der Waals surface area contributed by atoms with Gasteiger partial charge in [-0.25, -0.2) is 0 Å². The number of fused-ring (bicyclic) bond motifs is 6. The summed E-state index contributed by atoms with van der Waals surface area (Å²) in [6, 6.07) is 17.7. The van der Waals surface area contributed by atoms with Crippen LogP contribution in [0.5, 0.6) is 40.2 Å². The number of methoxy groups -OCH3 is 3. The first kappa shape index (κ1) is 28.1. The fourth-order valence-electron chi connectivity index (χ4n) is 6.84. The molecule has 2 N–H and O–H groups in total. The lowest BCUT2D eigenvalue weighted by Gasteiger charge is -2.36. The van der Waals surface area contributed by atoms with Crippen LogP contribution in [0.1, 0.15) is 39.4 Å². The molecule has 4 aromatic rings. The Morgan fingerprint density at radius 3 is 2.34 bits per heavy atom. The van der Waals surface area contributed by atoms with Crippen molar-refractivity contribution < 1.29 is 29.2 Å². The standard InChI is InChI=1S/C36H36N2O6/c1-38-12-10-23-18-33(43-4)35(40)36-34(23)28(38)16-21-6-8-30(41-2)26(14-21)25-13-20(5-7-29(25)39)15-27-24-19-32(44-36)31(42-3)17-22(24)9-11-37-27/h5-8,13-14,17-19,28,39-40H,9-12,15-16H2,1-4H3. The summed E-state index contributed by atoms with van der Waals surface area (Å²) in [6.45, 7) is 1.50. The molecule has 8 heteroatoms. The Bertz CT molecular complexity index is 1810. The number of rotatable bonds is 3. The van der Waals surface area contributed by atoms with E-state index < -0.39 is 0 Å². The molecule has 4 aromatic carbocycles. The number of aromatic hydroxyl groups is 2. The zero-order chi connectivity index (χ0) is 30.5. The van der Waals surface area contributed by atoms with E-state index in [1.54, 1.807) is 27.4 Å². The number of nitrogens with zero attached hydrogens (tertiary/aromatic N) is 2. The minimum atomic E-state index is -0.111. The monoisotopic (exact) mass is 592 g/mol. The summed E-state index contributed by atoms with van der Waals surface area (Å²) in [5.41, 5.74) is 8.64. The van der Waals surface area contributed by atoms with Crippen LogP contribution in [-0.2, 0) is 25.7 Å². The van der Waals surface area contributed by atoms with Crippen LogP contribution in [0.15, 0.2) is 59.6 Å². The Kier molecular flexibility index (Phi) is 7.09. The average molecular weight is 593 g/mol. The van der Waals surface area contributed by atoms with Crippen molar-refractivity contribution in [1.29, 1.82) is 0 Å². The van der Waals surface area contributed by atoms with Gasteiger partial charge in [-0.15, -0.1) is 0 Å². The van der Waals surface area contributed by atoms with Gasteiger partial charge in [-0.3, -0.25) is 9.89 Å². The number of phenols is 2. The quantitative estimate of drug-likeness (QED) is 0.290. The molecule has 0 aliphatic carbocycles. The molecule has 44 heavy (non-hydrogen) atoms. The highest BCUT2D eigenvalue weighted by Crippen LogP contribution is 2.51. The van der Waals surface area contributed by atoms with Crippen LogP contribution in [0, 0.1) is 0 Å². The Morgan fingerprint density at radius 1 is 0.795 bits per heavy atom. The van der Waals surface area contributed by atoms with Crippen molar-refractivity contribution >= 4 is 5.71 Å². The van der Waals surface area contributed by atoms with E-state index >= 15 is 0 Å². The van der Waals surface area contributed by atoms with Crippen molar-refractivity contribution in [2.45, 2.75) is 31.7 Å². The van der Waals surface area contributed by atoms with Crippen molar-refractivity contribution in [3.05, 3.63) is 88.0 Å². The molecule has 3 heterocycles. The molecule has 3 aliphatic rings. The van der Waals surface area contributed by atoms with Gasteiger partial charge < -0.3 is 29.2 Å². The SMILES string of the molecule is COc1cc2c3cc1Oc1c(O)c(OC)cc4c1C(Cc1ccc(OC)c(c1)-c1cc(ccc1O)CC3=NCC2)N(C)CC4.